The first-order valence-corrected chi connectivity index (χ1v) is 4.25. The molecule has 0 atom stereocenters. The molecule has 0 aliphatic carbocycles. The highest BCUT2D eigenvalue weighted by molar-refractivity contribution is 5.81. The fourth-order valence-corrected chi connectivity index (χ4v) is 1.49. The molecule has 1 heterocycles. The lowest BCUT2D eigenvalue weighted by molar-refractivity contribution is 0.276. The van der Waals surface area contributed by atoms with Gasteiger partial charge in [0.25, 0.3) is 0 Å². The van der Waals surface area contributed by atoms with Crippen LogP contribution in [-0.2, 0) is 6.54 Å². The SMILES string of the molecule is O=c1[nH]c2c(O)cccc2n1CCO. The molecule has 0 unspecified atom stereocenters. The quantitative estimate of drug-likeness (QED) is 0.631. The van der Waals surface area contributed by atoms with E-state index in [0.29, 0.717) is 11.0 Å². The van der Waals surface area contributed by atoms with E-state index in [1.165, 1.54) is 10.6 Å². The molecule has 5 heteroatoms. The van der Waals surface area contributed by atoms with Gasteiger partial charge in [-0.2, -0.15) is 0 Å². The number of imidazole rings is 1. The summed E-state index contributed by atoms with van der Waals surface area (Å²) < 4.78 is 1.38. The smallest absolute Gasteiger partial charge is 0.326 e. The van der Waals surface area contributed by atoms with Crippen molar-refractivity contribution < 1.29 is 10.2 Å². The van der Waals surface area contributed by atoms with Crippen LogP contribution in [0.5, 0.6) is 5.75 Å². The minimum Gasteiger partial charge on any atom is -0.506 e. The number of rotatable bonds is 2. The first-order valence-electron chi connectivity index (χ1n) is 4.25. The van der Waals surface area contributed by atoms with Gasteiger partial charge in [-0.25, -0.2) is 4.79 Å². The molecule has 0 aliphatic heterocycles. The lowest BCUT2D eigenvalue weighted by Gasteiger charge is -1.99. The number of nitrogens with zero attached hydrogens (tertiary/aromatic N) is 1. The summed E-state index contributed by atoms with van der Waals surface area (Å²) in [5.74, 6) is 0.0382. The average molecular weight is 194 g/mol. The van der Waals surface area contributed by atoms with Crippen LogP contribution in [0.25, 0.3) is 11.0 Å². The van der Waals surface area contributed by atoms with Gasteiger partial charge < -0.3 is 15.2 Å². The third-order valence-corrected chi connectivity index (χ3v) is 2.11. The van der Waals surface area contributed by atoms with Crippen molar-refractivity contribution in [3.8, 4) is 5.75 Å². The lowest BCUT2D eigenvalue weighted by atomic mass is 10.3. The second-order valence-electron chi connectivity index (χ2n) is 2.98. The van der Waals surface area contributed by atoms with Gasteiger partial charge in [0.1, 0.15) is 11.3 Å². The molecule has 2 rings (SSSR count). The summed E-state index contributed by atoms with van der Waals surface area (Å²) in [4.78, 5) is 13.9. The second kappa shape index (κ2) is 3.19. The maximum atomic E-state index is 11.4. The highest BCUT2D eigenvalue weighted by Gasteiger charge is 2.08. The fraction of sp³-hybridized carbons (Fsp3) is 0.222. The predicted octanol–water partition coefficient (Wildman–Crippen LogP) is 0.0275. The number of aromatic hydroxyl groups is 1. The van der Waals surface area contributed by atoms with Gasteiger partial charge >= 0.3 is 5.69 Å². The van der Waals surface area contributed by atoms with Crippen molar-refractivity contribution in [1.82, 2.24) is 9.55 Å². The monoisotopic (exact) mass is 194 g/mol. The van der Waals surface area contributed by atoms with E-state index in [1.807, 2.05) is 0 Å². The van der Waals surface area contributed by atoms with E-state index >= 15 is 0 Å². The summed E-state index contributed by atoms with van der Waals surface area (Å²) in [6.07, 6.45) is 0. The maximum Gasteiger partial charge on any atom is 0.326 e. The van der Waals surface area contributed by atoms with Crippen LogP contribution in [0.4, 0.5) is 0 Å². The minimum absolute atomic E-state index is 0.0382. The van der Waals surface area contributed by atoms with Crippen molar-refractivity contribution in [1.29, 1.82) is 0 Å². The lowest BCUT2D eigenvalue weighted by Crippen LogP contribution is -2.18. The molecule has 0 bridgehead atoms. The highest BCUT2D eigenvalue weighted by atomic mass is 16.3. The van der Waals surface area contributed by atoms with Crippen molar-refractivity contribution in [3.63, 3.8) is 0 Å². The van der Waals surface area contributed by atoms with Crippen LogP contribution < -0.4 is 5.69 Å². The molecule has 0 amide bonds. The Morgan fingerprint density at radius 2 is 2.21 bits per heavy atom. The first-order chi connectivity index (χ1) is 6.74. The van der Waals surface area contributed by atoms with Crippen molar-refractivity contribution in [2.45, 2.75) is 6.54 Å². The number of nitrogens with one attached hydrogen (secondary N) is 1. The van der Waals surface area contributed by atoms with E-state index in [0.717, 1.165) is 0 Å². The van der Waals surface area contributed by atoms with Crippen LogP contribution in [-0.4, -0.2) is 26.4 Å². The summed E-state index contributed by atoms with van der Waals surface area (Å²) in [7, 11) is 0. The van der Waals surface area contributed by atoms with Crippen LogP contribution in [0.15, 0.2) is 23.0 Å². The van der Waals surface area contributed by atoms with Gasteiger partial charge in [0, 0.05) is 0 Å². The number of aliphatic hydroxyl groups is 1. The molecule has 74 valence electrons. The number of fused-ring (bicyclic) bond motifs is 1. The standard InChI is InChI=1S/C9H10N2O3/c12-5-4-11-6-2-1-3-7(13)8(6)10-9(11)14/h1-3,12-13H,4-5H2,(H,10,14). The second-order valence-corrected chi connectivity index (χ2v) is 2.98. The number of phenolic OH excluding ortho intramolecular Hbond substituents is 1. The third-order valence-electron chi connectivity index (χ3n) is 2.11. The molecule has 2 aromatic rings. The Bertz CT molecular complexity index is 512. The number of hydrogen-bond acceptors (Lipinski definition) is 3. The summed E-state index contributed by atoms with van der Waals surface area (Å²) in [6.45, 7) is 0.116. The Balaban J connectivity index is 2.77. The molecule has 0 radical (unpaired) electrons. The molecular formula is C9H10N2O3. The molecule has 1 aromatic heterocycles. The predicted molar refractivity (Wildman–Crippen MR) is 51.3 cm³/mol. The Morgan fingerprint density at radius 1 is 1.43 bits per heavy atom. The van der Waals surface area contributed by atoms with Crippen molar-refractivity contribution in [2.75, 3.05) is 6.61 Å². The van der Waals surface area contributed by atoms with Crippen LogP contribution >= 0.6 is 0 Å². The average Bonchev–Trinajstić information content (AvgIpc) is 2.47. The molecule has 0 fully saturated rings. The first kappa shape index (κ1) is 8.83. The largest absolute Gasteiger partial charge is 0.506 e. The summed E-state index contributed by atoms with van der Waals surface area (Å²) >= 11 is 0. The van der Waals surface area contributed by atoms with E-state index in [4.69, 9.17) is 5.11 Å². The molecule has 0 spiro atoms. The van der Waals surface area contributed by atoms with Gasteiger partial charge in [-0.05, 0) is 12.1 Å². The molecule has 0 aliphatic rings. The van der Waals surface area contributed by atoms with Crippen molar-refractivity contribution in [2.24, 2.45) is 0 Å². The number of benzene rings is 1. The van der Waals surface area contributed by atoms with Gasteiger partial charge in [0.15, 0.2) is 0 Å². The molecule has 0 saturated carbocycles. The number of aromatic nitrogens is 2. The molecule has 0 saturated heterocycles. The van der Waals surface area contributed by atoms with E-state index in [1.54, 1.807) is 12.1 Å². The minimum atomic E-state index is -0.324. The maximum absolute atomic E-state index is 11.4. The molecule has 14 heavy (non-hydrogen) atoms. The zero-order chi connectivity index (χ0) is 10.1. The highest BCUT2D eigenvalue weighted by Crippen LogP contribution is 2.20. The zero-order valence-corrected chi connectivity index (χ0v) is 7.40. The molecule has 3 N–H and O–H groups in total. The van der Waals surface area contributed by atoms with Crippen LogP contribution in [0.2, 0.25) is 0 Å². The van der Waals surface area contributed by atoms with Crippen LogP contribution in [0.1, 0.15) is 0 Å². The summed E-state index contributed by atoms with van der Waals surface area (Å²) in [5, 5.41) is 18.2. The Hall–Kier alpha value is -1.75. The molecule has 1 aromatic carbocycles. The van der Waals surface area contributed by atoms with E-state index < -0.39 is 0 Å². The van der Waals surface area contributed by atoms with Gasteiger partial charge in [-0.3, -0.25) is 4.57 Å². The fourth-order valence-electron chi connectivity index (χ4n) is 1.49. The molecular weight excluding hydrogens is 184 g/mol. The van der Waals surface area contributed by atoms with E-state index in [9.17, 15) is 9.90 Å². The van der Waals surface area contributed by atoms with E-state index in [-0.39, 0.29) is 24.6 Å². The number of para-hydroxylation sites is 1. The molecule has 5 nitrogen and oxygen atoms in total. The van der Waals surface area contributed by atoms with Crippen LogP contribution in [0.3, 0.4) is 0 Å². The summed E-state index contributed by atoms with van der Waals surface area (Å²) in [6, 6.07) is 4.86. The van der Waals surface area contributed by atoms with E-state index in [2.05, 4.69) is 4.98 Å². The van der Waals surface area contributed by atoms with Crippen molar-refractivity contribution >= 4 is 11.0 Å². The number of H-pyrrole nitrogens is 1. The number of hydrogen-bond donors (Lipinski definition) is 3. The van der Waals surface area contributed by atoms with Gasteiger partial charge in [-0.15, -0.1) is 0 Å². The van der Waals surface area contributed by atoms with Gasteiger partial charge in [-0.1, -0.05) is 6.07 Å². The topological polar surface area (TPSA) is 78.2 Å². The van der Waals surface area contributed by atoms with Crippen molar-refractivity contribution in [3.05, 3.63) is 28.7 Å². The number of aromatic amines is 1. The normalized spacial score (nSPS) is 10.9. The van der Waals surface area contributed by atoms with Crippen LogP contribution in [0, 0.1) is 0 Å². The Labute approximate surface area is 79.2 Å². The van der Waals surface area contributed by atoms with Gasteiger partial charge in [0.05, 0.1) is 18.7 Å². The van der Waals surface area contributed by atoms with Gasteiger partial charge in [0.2, 0.25) is 0 Å². The summed E-state index contributed by atoms with van der Waals surface area (Å²) in [5.41, 5.74) is 0.686. The third kappa shape index (κ3) is 1.18. The number of phenols is 1. The Morgan fingerprint density at radius 3 is 2.93 bits per heavy atom. The number of aliphatic hydroxyl groups excluding tert-OH is 1. The Kier molecular flexibility index (Phi) is 2.01. The zero-order valence-electron chi connectivity index (χ0n) is 7.40.